The summed E-state index contributed by atoms with van der Waals surface area (Å²) in [5.41, 5.74) is 1.34. The van der Waals surface area contributed by atoms with Gasteiger partial charge in [0.25, 0.3) is 11.5 Å². The van der Waals surface area contributed by atoms with E-state index in [-0.39, 0.29) is 22.0 Å². The van der Waals surface area contributed by atoms with E-state index in [2.05, 4.69) is 10.3 Å². The Morgan fingerprint density at radius 2 is 1.93 bits per heavy atom. The number of thiazole rings is 1. The Hall–Kier alpha value is -3.30. The minimum absolute atomic E-state index is 0.0337. The van der Waals surface area contributed by atoms with Gasteiger partial charge in [-0.05, 0) is 42.4 Å². The maximum Gasteiger partial charge on any atom is 0.335 e. The third kappa shape index (κ3) is 3.57. The highest BCUT2D eigenvalue weighted by Gasteiger charge is 2.18. The third-order valence-corrected chi connectivity index (χ3v) is 5.89. The fourth-order valence-corrected chi connectivity index (χ4v) is 4.42. The maximum absolute atomic E-state index is 12.7. The molecule has 4 aromatic rings. The summed E-state index contributed by atoms with van der Waals surface area (Å²) in [4.78, 5) is 39.5. The number of H-pyrrole nitrogens is 1. The van der Waals surface area contributed by atoms with Crippen LogP contribution in [0.15, 0.2) is 53.3 Å². The average molecular weight is 425 g/mol. The summed E-state index contributed by atoms with van der Waals surface area (Å²) in [5, 5.41) is 12.4. The third-order valence-electron chi connectivity index (χ3n) is 4.52. The topological polar surface area (TPSA) is 104 Å². The number of aromatic amines is 1. The molecule has 1 amide bonds. The van der Waals surface area contributed by atoms with Crippen LogP contribution in [0.5, 0.6) is 0 Å². The summed E-state index contributed by atoms with van der Waals surface area (Å²) in [6, 6.07) is 13.9. The summed E-state index contributed by atoms with van der Waals surface area (Å²) in [6.45, 7) is 0.431. The number of hydrogen-bond acceptors (Lipinski definition) is 5. The number of hydrogen-bond donors (Lipinski definition) is 3. The van der Waals surface area contributed by atoms with Gasteiger partial charge in [-0.25, -0.2) is 4.79 Å². The zero-order valence-corrected chi connectivity index (χ0v) is 16.6. The van der Waals surface area contributed by atoms with Crippen molar-refractivity contribution in [3.8, 4) is 0 Å². The SMILES string of the molecule is O=C(O)c1ccc2c(=O)[nH]c3c(C(=O)NCCc4ccccc4)sc(=S)n3c2c1. The van der Waals surface area contributed by atoms with Gasteiger partial charge in [-0.3, -0.25) is 14.0 Å². The van der Waals surface area contributed by atoms with Crippen LogP contribution in [0.25, 0.3) is 16.6 Å². The lowest BCUT2D eigenvalue weighted by Crippen LogP contribution is -2.25. The molecule has 0 aliphatic heterocycles. The van der Waals surface area contributed by atoms with Gasteiger partial charge < -0.3 is 15.4 Å². The van der Waals surface area contributed by atoms with Gasteiger partial charge in [0, 0.05) is 6.54 Å². The highest BCUT2D eigenvalue weighted by Crippen LogP contribution is 2.23. The Bertz CT molecular complexity index is 1370. The Balaban J connectivity index is 1.73. The number of fused-ring (bicyclic) bond motifs is 3. The number of carboxylic acids is 1. The molecule has 7 nitrogen and oxygen atoms in total. The minimum atomic E-state index is -1.11. The van der Waals surface area contributed by atoms with E-state index in [1.807, 2.05) is 30.3 Å². The van der Waals surface area contributed by atoms with Crippen molar-refractivity contribution in [2.45, 2.75) is 6.42 Å². The van der Waals surface area contributed by atoms with Crippen LogP contribution < -0.4 is 10.9 Å². The first-order valence-electron chi connectivity index (χ1n) is 8.72. The van der Waals surface area contributed by atoms with Gasteiger partial charge in [0.05, 0.1) is 16.5 Å². The molecule has 0 saturated carbocycles. The van der Waals surface area contributed by atoms with Crippen LogP contribution in [0.4, 0.5) is 0 Å². The fraction of sp³-hybridized carbons (Fsp3) is 0.100. The van der Waals surface area contributed by atoms with Crippen LogP contribution in [-0.2, 0) is 6.42 Å². The van der Waals surface area contributed by atoms with Crippen molar-refractivity contribution in [1.82, 2.24) is 14.7 Å². The molecule has 146 valence electrons. The van der Waals surface area contributed by atoms with Crippen LogP contribution in [0, 0.1) is 3.95 Å². The second-order valence-electron chi connectivity index (χ2n) is 6.36. The average Bonchev–Trinajstić information content (AvgIpc) is 3.05. The quantitative estimate of drug-likeness (QED) is 0.426. The number of carboxylic acid groups (broad SMARTS) is 1. The molecule has 0 fully saturated rings. The standard InChI is InChI=1S/C20H15N3O4S2/c24-17-13-7-6-12(19(26)27)10-14(13)23-16(22-17)15(29-20(23)28)18(25)21-9-8-11-4-2-1-3-5-11/h1-7,10H,8-9H2,(H,21,25)(H,22,24)(H,26,27). The van der Waals surface area contributed by atoms with Gasteiger partial charge in [0.15, 0.2) is 3.95 Å². The van der Waals surface area contributed by atoms with E-state index in [9.17, 15) is 19.5 Å². The van der Waals surface area contributed by atoms with E-state index in [1.165, 1.54) is 22.6 Å². The van der Waals surface area contributed by atoms with Gasteiger partial charge >= 0.3 is 5.97 Å². The molecule has 0 spiro atoms. The molecule has 4 rings (SSSR count). The highest BCUT2D eigenvalue weighted by molar-refractivity contribution is 7.73. The van der Waals surface area contributed by atoms with Crippen LogP contribution in [0.3, 0.4) is 0 Å². The predicted octanol–water partition coefficient (Wildman–Crippen LogP) is 3.24. The van der Waals surface area contributed by atoms with Crippen molar-refractivity contribution >= 4 is 52.0 Å². The van der Waals surface area contributed by atoms with Crippen molar-refractivity contribution in [2.75, 3.05) is 6.54 Å². The number of benzene rings is 2. The Labute approximate surface area is 173 Å². The molecule has 2 aromatic heterocycles. The van der Waals surface area contributed by atoms with Crippen LogP contribution in [0.1, 0.15) is 25.6 Å². The molecule has 0 bridgehead atoms. The van der Waals surface area contributed by atoms with Gasteiger partial charge in [0.1, 0.15) is 10.5 Å². The molecule has 2 aromatic carbocycles. The predicted molar refractivity (Wildman–Crippen MR) is 114 cm³/mol. The molecule has 0 aliphatic carbocycles. The largest absolute Gasteiger partial charge is 0.478 e. The van der Waals surface area contributed by atoms with E-state index < -0.39 is 11.5 Å². The molecule has 0 unspecified atom stereocenters. The Kier molecular flexibility index (Phi) is 4.99. The summed E-state index contributed by atoms with van der Waals surface area (Å²) >= 11 is 6.46. The number of rotatable bonds is 5. The lowest BCUT2D eigenvalue weighted by atomic mass is 10.1. The number of aromatic carboxylic acids is 1. The van der Waals surface area contributed by atoms with Crippen molar-refractivity contribution in [3.63, 3.8) is 0 Å². The van der Waals surface area contributed by atoms with Gasteiger partial charge in [-0.15, -0.1) is 0 Å². The van der Waals surface area contributed by atoms with E-state index in [4.69, 9.17) is 12.2 Å². The van der Waals surface area contributed by atoms with Gasteiger partial charge in [-0.2, -0.15) is 0 Å². The number of aromatic nitrogens is 2. The first-order chi connectivity index (χ1) is 14.0. The molecule has 29 heavy (non-hydrogen) atoms. The molecule has 9 heteroatoms. The van der Waals surface area contributed by atoms with E-state index >= 15 is 0 Å². The second-order valence-corrected chi connectivity index (χ2v) is 8.01. The molecule has 0 atom stereocenters. The molecule has 3 N–H and O–H groups in total. The smallest absolute Gasteiger partial charge is 0.335 e. The lowest BCUT2D eigenvalue weighted by molar-refractivity contribution is 0.0696. The van der Waals surface area contributed by atoms with E-state index in [1.54, 1.807) is 0 Å². The first kappa shape index (κ1) is 19.0. The molecule has 0 aliphatic rings. The summed E-state index contributed by atoms with van der Waals surface area (Å²) in [6.07, 6.45) is 0.672. The number of carbonyl (C=O) groups excluding carboxylic acids is 1. The van der Waals surface area contributed by atoms with Gasteiger partial charge in [0.2, 0.25) is 0 Å². The molecular weight excluding hydrogens is 410 g/mol. The zero-order valence-electron chi connectivity index (χ0n) is 15.0. The van der Waals surface area contributed by atoms with Crippen LogP contribution in [-0.4, -0.2) is 32.9 Å². The molecule has 0 saturated heterocycles. The summed E-state index contributed by atoms with van der Waals surface area (Å²) < 4.78 is 1.88. The maximum atomic E-state index is 12.7. The number of nitrogens with one attached hydrogen (secondary N) is 2. The fourth-order valence-electron chi connectivity index (χ4n) is 3.12. The zero-order chi connectivity index (χ0) is 20.5. The molecule has 2 heterocycles. The normalized spacial score (nSPS) is 11.0. The van der Waals surface area contributed by atoms with Crippen molar-refractivity contribution in [2.24, 2.45) is 0 Å². The molecule has 0 radical (unpaired) electrons. The highest BCUT2D eigenvalue weighted by atomic mass is 32.1. The van der Waals surface area contributed by atoms with Crippen molar-refractivity contribution in [1.29, 1.82) is 0 Å². The van der Waals surface area contributed by atoms with E-state index in [0.29, 0.717) is 27.8 Å². The summed E-state index contributed by atoms with van der Waals surface area (Å²) in [5.74, 6) is -1.45. The number of nitrogens with zero attached hydrogens (tertiary/aromatic N) is 1. The monoisotopic (exact) mass is 425 g/mol. The summed E-state index contributed by atoms with van der Waals surface area (Å²) in [7, 11) is 0. The Morgan fingerprint density at radius 1 is 1.17 bits per heavy atom. The van der Waals surface area contributed by atoms with Crippen LogP contribution in [0.2, 0.25) is 0 Å². The van der Waals surface area contributed by atoms with E-state index in [0.717, 1.165) is 16.9 Å². The number of carbonyl (C=O) groups is 2. The Morgan fingerprint density at radius 3 is 2.66 bits per heavy atom. The van der Waals surface area contributed by atoms with Crippen molar-refractivity contribution in [3.05, 3.63) is 78.8 Å². The first-order valence-corrected chi connectivity index (χ1v) is 9.95. The van der Waals surface area contributed by atoms with Gasteiger partial charge in [-0.1, -0.05) is 41.7 Å². The molecular formula is C20H15N3O4S2. The number of amides is 1. The second kappa shape index (κ2) is 7.61. The van der Waals surface area contributed by atoms with Crippen molar-refractivity contribution < 1.29 is 14.7 Å². The van der Waals surface area contributed by atoms with Crippen LogP contribution >= 0.6 is 23.6 Å². The minimum Gasteiger partial charge on any atom is -0.478 e. The lowest BCUT2D eigenvalue weighted by Gasteiger charge is -2.06.